The number of benzene rings is 1. The molecule has 78 valence electrons. The quantitative estimate of drug-likeness (QED) is 0.693. The average Bonchev–Trinajstić information content (AvgIpc) is 2.18. The summed E-state index contributed by atoms with van der Waals surface area (Å²) in [5.41, 5.74) is 1.21. The fourth-order valence-corrected chi connectivity index (χ4v) is 0.986. The molecule has 0 spiro atoms. The normalized spacial score (nSPS) is 9.00. The fraction of sp³-hybridized carbons (Fsp3) is 0.250. The Bertz CT molecular complexity index is 429. The van der Waals surface area contributed by atoms with Crippen LogP contribution in [-0.2, 0) is 4.79 Å². The Morgan fingerprint density at radius 2 is 2.27 bits per heavy atom. The summed E-state index contributed by atoms with van der Waals surface area (Å²) < 4.78 is 13.1. The average molecular weight is 205 g/mol. The molecule has 2 nitrogen and oxygen atoms in total. The first-order valence-corrected chi connectivity index (χ1v) is 4.59. The molecule has 1 rings (SSSR count). The number of hydrogen-bond acceptors (Lipinski definition) is 1. The Labute approximate surface area is 88.5 Å². The van der Waals surface area contributed by atoms with Gasteiger partial charge in [-0.3, -0.25) is 4.79 Å². The summed E-state index contributed by atoms with van der Waals surface area (Å²) in [6.45, 7) is 3.40. The Morgan fingerprint density at radius 3 is 2.87 bits per heavy atom. The number of nitrogens with one attached hydrogen (secondary N) is 1. The first kappa shape index (κ1) is 11.3. The predicted octanol–water partition coefficient (Wildman–Crippen LogP) is 1.62. The molecule has 1 N–H and O–H groups in total. The van der Waals surface area contributed by atoms with Crippen molar-refractivity contribution >= 4 is 5.91 Å². The van der Waals surface area contributed by atoms with Gasteiger partial charge in [0, 0.05) is 12.5 Å². The topological polar surface area (TPSA) is 29.1 Å². The van der Waals surface area contributed by atoms with Gasteiger partial charge in [0.15, 0.2) is 0 Å². The number of amides is 1. The minimum absolute atomic E-state index is 0.126. The van der Waals surface area contributed by atoms with Crippen LogP contribution < -0.4 is 5.32 Å². The molecule has 0 aliphatic rings. The van der Waals surface area contributed by atoms with Crippen molar-refractivity contribution in [1.82, 2.24) is 5.32 Å². The molecule has 1 aromatic carbocycles. The zero-order chi connectivity index (χ0) is 11.3. The summed E-state index contributed by atoms with van der Waals surface area (Å²) in [7, 11) is 0. The molecule has 0 aromatic heterocycles. The van der Waals surface area contributed by atoms with Crippen molar-refractivity contribution < 1.29 is 9.18 Å². The molecule has 1 aromatic rings. The third-order valence-electron chi connectivity index (χ3n) is 1.83. The van der Waals surface area contributed by atoms with E-state index in [0.29, 0.717) is 11.1 Å². The maximum Gasteiger partial charge on any atom is 0.217 e. The third kappa shape index (κ3) is 3.82. The van der Waals surface area contributed by atoms with Gasteiger partial charge in [-0.2, -0.15) is 0 Å². The first-order chi connectivity index (χ1) is 7.09. The van der Waals surface area contributed by atoms with Crippen molar-refractivity contribution in [3.05, 3.63) is 35.1 Å². The summed E-state index contributed by atoms with van der Waals surface area (Å²) in [4.78, 5) is 10.5. The van der Waals surface area contributed by atoms with Gasteiger partial charge in [-0.1, -0.05) is 17.9 Å². The van der Waals surface area contributed by atoms with Gasteiger partial charge < -0.3 is 5.32 Å². The molecule has 0 heterocycles. The van der Waals surface area contributed by atoms with Crippen LogP contribution in [0.1, 0.15) is 18.1 Å². The molecule has 3 heteroatoms. The number of hydrogen-bond donors (Lipinski definition) is 1. The van der Waals surface area contributed by atoms with Crippen LogP contribution in [0.3, 0.4) is 0 Å². The number of aryl methyl sites for hydroxylation is 1. The van der Waals surface area contributed by atoms with Crippen LogP contribution >= 0.6 is 0 Å². The van der Waals surface area contributed by atoms with Crippen LogP contribution in [0.4, 0.5) is 4.39 Å². The van der Waals surface area contributed by atoms with E-state index in [2.05, 4.69) is 17.2 Å². The van der Waals surface area contributed by atoms with Gasteiger partial charge in [0.05, 0.1) is 6.54 Å². The van der Waals surface area contributed by atoms with Crippen molar-refractivity contribution in [3.63, 3.8) is 0 Å². The molecule has 0 fully saturated rings. The Balaban J connectivity index is 2.64. The van der Waals surface area contributed by atoms with Crippen LogP contribution in [0.5, 0.6) is 0 Å². The number of halogens is 1. The molecular formula is C12H12FNO. The van der Waals surface area contributed by atoms with Gasteiger partial charge >= 0.3 is 0 Å². The molecule has 0 aliphatic carbocycles. The second-order valence-corrected chi connectivity index (χ2v) is 3.18. The number of carbonyl (C=O) groups is 1. The monoisotopic (exact) mass is 205 g/mol. The van der Waals surface area contributed by atoms with Crippen LogP contribution in [-0.4, -0.2) is 12.5 Å². The summed E-state index contributed by atoms with van der Waals surface area (Å²) in [5.74, 6) is 5.11. The van der Waals surface area contributed by atoms with E-state index < -0.39 is 0 Å². The molecular weight excluding hydrogens is 193 g/mol. The van der Waals surface area contributed by atoms with Crippen LogP contribution in [0.2, 0.25) is 0 Å². The van der Waals surface area contributed by atoms with Gasteiger partial charge in [0.1, 0.15) is 5.82 Å². The highest BCUT2D eigenvalue weighted by atomic mass is 19.1. The van der Waals surface area contributed by atoms with Gasteiger partial charge in [0.2, 0.25) is 5.91 Å². The lowest BCUT2D eigenvalue weighted by Gasteiger charge is -1.95. The molecule has 0 radical (unpaired) electrons. The van der Waals surface area contributed by atoms with Crippen molar-refractivity contribution in [2.24, 2.45) is 0 Å². The third-order valence-corrected chi connectivity index (χ3v) is 1.83. The lowest BCUT2D eigenvalue weighted by atomic mass is 10.1. The van der Waals surface area contributed by atoms with E-state index in [0.717, 1.165) is 0 Å². The molecule has 0 atom stereocenters. The number of carbonyl (C=O) groups excluding carboxylic acids is 1. The molecule has 0 bridgehead atoms. The minimum Gasteiger partial charge on any atom is -0.345 e. The van der Waals surface area contributed by atoms with Gasteiger partial charge in [0.25, 0.3) is 0 Å². The fourth-order valence-electron chi connectivity index (χ4n) is 0.986. The van der Waals surface area contributed by atoms with Gasteiger partial charge in [-0.25, -0.2) is 4.39 Å². The van der Waals surface area contributed by atoms with E-state index in [-0.39, 0.29) is 18.3 Å². The smallest absolute Gasteiger partial charge is 0.217 e. The molecule has 0 unspecified atom stereocenters. The largest absolute Gasteiger partial charge is 0.345 e. The predicted molar refractivity (Wildman–Crippen MR) is 56.7 cm³/mol. The molecule has 15 heavy (non-hydrogen) atoms. The maximum atomic E-state index is 13.1. The van der Waals surface area contributed by atoms with Crippen molar-refractivity contribution in [3.8, 4) is 11.8 Å². The maximum absolute atomic E-state index is 13.1. The SMILES string of the molecule is CC(=O)NCC#Cc1ccc(C)c(F)c1. The van der Waals surface area contributed by atoms with Crippen LogP contribution in [0, 0.1) is 24.6 Å². The van der Waals surface area contributed by atoms with E-state index in [1.165, 1.54) is 13.0 Å². The van der Waals surface area contributed by atoms with Crippen LogP contribution in [0.15, 0.2) is 18.2 Å². The highest BCUT2D eigenvalue weighted by Gasteiger charge is 1.95. The molecule has 0 aliphatic heterocycles. The molecule has 0 saturated heterocycles. The van der Waals surface area contributed by atoms with Gasteiger partial charge in [-0.15, -0.1) is 0 Å². The zero-order valence-electron chi connectivity index (χ0n) is 8.73. The summed E-state index contributed by atoms with van der Waals surface area (Å²) >= 11 is 0. The van der Waals surface area contributed by atoms with Crippen molar-refractivity contribution in [2.75, 3.05) is 6.54 Å². The van der Waals surface area contributed by atoms with E-state index in [1.807, 2.05) is 0 Å². The van der Waals surface area contributed by atoms with Crippen molar-refractivity contribution in [2.45, 2.75) is 13.8 Å². The second-order valence-electron chi connectivity index (χ2n) is 3.18. The lowest BCUT2D eigenvalue weighted by Crippen LogP contribution is -2.19. The van der Waals surface area contributed by atoms with Crippen molar-refractivity contribution in [1.29, 1.82) is 0 Å². The minimum atomic E-state index is -0.263. The van der Waals surface area contributed by atoms with Gasteiger partial charge in [-0.05, 0) is 24.6 Å². The molecule has 1 amide bonds. The van der Waals surface area contributed by atoms with Crippen LogP contribution in [0.25, 0.3) is 0 Å². The first-order valence-electron chi connectivity index (χ1n) is 4.59. The highest BCUT2D eigenvalue weighted by molar-refractivity contribution is 5.73. The van der Waals surface area contributed by atoms with E-state index in [4.69, 9.17) is 0 Å². The Kier molecular flexibility index (Phi) is 3.87. The Hall–Kier alpha value is -1.82. The number of rotatable bonds is 1. The highest BCUT2D eigenvalue weighted by Crippen LogP contribution is 2.07. The Morgan fingerprint density at radius 1 is 1.53 bits per heavy atom. The van der Waals surface area contributed by atoms with E-state index >= 15 is 0 Å². The standard InChI is InChI=1S/C12H12FNO/c1-9-5-6-11(8-12(9)13)4-3-7-14-10(2)15/h5-6,8H,7H2,1-2H3,(H,14,15). The summed E-state index contributed by atoms with van der Waals surface area (Å²) in [5, 5.41) is 2.54. The second kappa shape index (κ2) is 5.16. The molecule has 0 saturated carbocycles. The summed E-state index contributed by atoms with van der Waals surface area (Å²) in [6, 6.07) is 4.81. The van der Waals surface area contributed by atoms with E-state index in [1.54, 1.807) is 19.1 Å². The summed E-state index contributed by atoms with van der Waals surface area (Å²) in [6.07, 6.45) is 0. The van der Waals surface area contributed by atoms with E-state index in [9.17, 15) is 9.18 Å². The zero-order valence-corrected chi connectivity index (χ0v) is 8.73. The lowest BCUT2D eigenvalue weighted by molar-refractivity contribution is -0.118.